The average Bonchev–Trinajstić information content (AvgIpc) is 2.27. The summed E-state index contributed by atoms with van der Waals surface area (Å²) >= 11 is 0. The van der Waals surface area contributed by atoms with E-state index in [1.807, 2.05) is 37.3 Å². The third-order valence-corrected chi connectivity index (χ3v) is 2.48. The highest BCUT2D eigenvalue weighted by Crippen LogP contribution is 2.18. The summed E-state index contributed by atoms with van der Waals surface area (Å²) in [4.78, 5) is 4.40. The highest BCUT2D eigenvalue weighted by molar-refractivity contribution is 5.79. The van der Waals surface area contributed by atoms with E-state index in [-0.39, 0.29) is 12.6 Å². The molecule has 1 aromatic heterocycles. The molecule has 0 bridgehead atoms. The number of rotatable bonds is 2. The monoisotopic (exact) mass is 202 g/mol. The number of hydrogen-bond acceptors (Lipinski definition) is 3. The number of pyridine rings is 1. The molecule has 1 heterocycles. The zero-order valence-corrected chi connectivity index (χ0v) is 8.64. The number of nitrogens with zero attached hydrogens (tertiary/aromatic N) is 1. The van der Waals surface area contributed by atoms with Crippen LogP contribution in [0.25, 0.3) is 10.9 Å². The number of aryl methyl sites for hydroxylation is 1. The lowest BCUT2D eigenvalue weighted by molar-refractivity contribution is 0.268. The van der Waals surface area contributed by atoms with Gasteiger partial charge in [0.05, 0.1) is 18.2 Å². The smallest absolute Gasteiger partial charge is 0.0705 e. The number of hydrogen-bond donors (Lipinski definition) is 2. The Morgan fingerprint density at radius 3 is 2.87 bits per heavy atom. The number of fused-ring (bicyclic) bond motifs is 1. The molecule has 15 heavy (non-hydrogen) atoms. The van der Waals surface area contributed by atoms with Crippen molar-refractivity contribution in [2.75, 3.05) is 6.61 Å². The van der Waals surface area contributed by atoms with E-state index in [4.69, 9.17) is 10.8 Å². The molecule has 0 aliphatic heterocycles. The Morgan fingerprint density at radius 2 is 2.13 bits per heavy atom. The van der Waals surface area contributed by atoms with Gasteiger partial charge < -0.3 is 10.8 Å². The zero-order chi connectivity index (χ0) is 10.8. The molecular weight excluding hydrogens is 188 g/mol. The van der Waals surface area contributed by atoms with Gasteiger partial charge in [-0.3, -0.25) is 4.98 Å². The number of aliphatic hydroxyl groups is 1. The van der Waals surface area contributed by atoms with Gasteiger partial charge in [-0.05, 0) is 30.7 Å². The number of aliphatic hydroxyl groups excluding tert-OH is 1. The molecule has 3 N–H and O–H groups in total. The van der Waals surface area contributed by atoms with Crippen molar-refractivity contribution >= 4 is 10.9 Å². The van der Waals surface area contributed by atoms with Crippen molar-refractivity contribution in [1.82, 2.24) is 4.98 Å². The summed E-state index contributed by atoms with van der Waals surface area (Å²) < 4.78 is 0. The van der Waals surface area contributed by atoms with Crippen molar-refractivity contribution in [2.24, 2.45) is 5.73 Å². The van der Waals surface area contributed by atoms with Crippen LogP contribution in [-0.2, 0) is 0 Å². The molecule has 0 spiro atoms. The van der Waals surface area contributed by atoms with E-state index in [2.05, 4.69) is 4.98 Å². The van der Waals surface area contributed by atoms with Crippen LogP contribution in [0.15, 0.2) is 30.3 Å². The van der Waals surface area contributed by atoms with Crippen LogP contribution in [0.2, 0.25) is 0 Å². The highest BCUT2D eigenvalue weighted by Gasteiger charge is 2.05. The molecule has 0 aliphatic carbocycles. The van der Waals surface area contributed by atoms with Crippen molar-refractivity contribution < 1.29 is 5.11 Å². The van der Waals surface area contributed by atoms with Crippen LogP contribution >= 0.6 is 0 Å². The Hall–Kier alpha value is -1.45. The second-order valence-electron chi connectivity index (χ2n) is 3.69. The molecular formula is C12H14N2O. The normalized spacial score (nSPS) is 13.0. The summed E-state index contributed by atoms with van der Waals surface area (Å²) in [6.45, 7) is 1.93. The molecule has 2 rings (SSSR count). The molecule has 3 heteroatoms. The summed E-state index contributed by atoms with van der Waals surface area (Å²) in [5.41, 5.74) is 8.65. The van der Waals surface area contributed by atoms with Gasteiger partial charge in [0, 0.05) is 11.1 Å². The van der Waals surface area contributed by atoms with E-state index >= 15 is 0 Å². The largest absolute Gasteiger partial charge is 0.394 e. The average molecular weight is 202 g/mol. The second kappa shape index (κ2) is 3.96. The van der Waals surface area contributed by atoms with Crippen LogP contribution in [0.1, 0.15) is 17.3 Å². The minimum Gasteiger partial charge on any atom is -0.394 e. The van der Waals surface area contributed by atoms with Gasteiger partial charge in [-0.1, -0.05) is 12.1 Å². The quantitative estimate of drug-likeness (QED) is 0.776. The summed E-state index contributed by atoms with van der Waals surface area (Å²) in [5, 5.41) is 10.0. The molecule has 0 amide bonds. The van der Waals surface area contributed by atoms with Crippen molar-refractivity contribution in [3.05, 3.63) is 41.6 Å². The first kappa shape index (κ1) is 10.1. The Kier molecular flexibility index (Phi) is 2.66. The summed E-state index contributed by atoms with van der Waals surface area (Å²) in [5.74, 6) is 0. The van der Waals surface area contributed by atoms with Crippen LogP contribution < -0.4 is 5.73 Å². The minimum absolute atomic E-state index is 0.0369. The van der Waals surface area contributed by atoms with Crippen LogP contribution in [0.3, 0.4) is 0 Å². The predicted octanol–water partition coefficient (Wildman–Crippen LogP) is 1.54. The summed E-state index contributed by atoms with van der Waals surface area (Å²) in [6, 6.07) is 9.50. The van der Waals surface area contributed by atoms with Gasteiger partial charge >= 0.3 is 0 Å². The lowest BCUT2D eigenvalue weighted by Gasteiger charge is -2.09. The van der Waals surface area contributed by atoms with Crippen LogP contribution in [-0.4, -0.2) is 16.7 Å². The summed E-state index contributed by atoms with van der Waals surface area (Å²) in [6.07, 6.45) is 0. The van der Waals surface area contributed by atoms with Gasteiger partial charge in [0.15, 0.2) is 0 Å². The van der Waals surface area contributed by atoms with E-state index in [0.717, 1.165) is 22.2 Å². The molecule has 78 valence electrons. The fourth-order valence-electron chi connectivity index (χ4n) is 1.58. The molecule has 0 unspecified atom stereocenters. The van der Waals surface area contributed by atoms with Crippen molar-refractivity contribution in [3.63, 3.8) is 0 Å². The van der Waals surface area contributed by atoms with E-state index in [1.165, 1.54) is 0 Å². The van der Waals surface area contributed by atoms with Crippen LogP contribution in [0, 0.1) is 6.92 Å². The number of benzene rings is 1. The first-order valence-corrected chi connectivity index (χ1v) is 4.94. The third kappa shape index (κ3) is 1.98. The molecule has 1 atom stereocenters. The first-order valence-electron chi connectivity index (χ1n) is 4.94. The third-order valence-electron chi connectivity index (χ3n) is 2.48. The number of aromatic nitrogens is 1. The summed E-state index contributed by atoms with van der Waals surface area (Å²) in [7, 11) is 0. The zero-order valence-electron chi connectivity index (χ0n) is 8.64. The first-order chi connectivity index (χ1) is 7.20. The predicted molar refractivity (Wildman–Crippen MR) is 60.5 cm³/mol. The standard InChI is InChI=1S/C12H14N2O/c1-8-2-3-10-6-9(11(13)7-15)4-5-12(10)14-8/h2-6,11,15H,7,13H2,1H3/t11-/m0/s1. The molecule has 0 saturated carbocycles. The maximum Gasteiger partial charge on any atom is 0.0705 e. The van der Waals surface area contributed by atoms with E-state index in [9.17, 15) is 0 Å². The SMILES string of the molecule is Cc1ccc2cc([C@@H](N)CO)ccc2n1. The molecule has 3 nitrogen and oxygen atoms in total. The Morgan fingerprint density at radius 1 is 1.33 bits per heavy atom. The van der Waals surface area contributed by atoms with Crippen molar-refractivity contribution in [1.29, 1.82) is 0 Å². The minimum atomic E-state index is -0.310. The molecule has 1 aromatic carbocycles. The van der Waals surface area contributed by atoms with Gasteiger partial charge in [0.2, 0.25) is 0 Å². The van der Waals surface area contributed by atoms with Gasteiger partial charge in [0.25, 0.3) is 0 Å². The second-order valence-corrected chi connectivity index (χ2v) is 3.69. The van der Waals surface area contributed by atoms with Crippen LogP contribution in [0.4, 0.5) is 0 Å². The van der Waals surface area contributed by atoms with E-state index in [0.29, 0.717) is 0 Å². The van der Waals surface area contributed by atoms with Gasteiger partial charge in [-0.15, -0.1) is 0 Å². The molecule has 0 aliphatic rings. The lowest BCUT2D eigenvalue weighted by Crippen LogP contribution is -2.14. The van der Waals surface area contributed by atoms with Gasteiger partial charge in [0.1, 0.15) is 0 Å². The molecule has 0 radical (unpaired) electrons. The van der Waals surface area contributed by atoms with Gasteiger partial charge in [-0.25, -0.2) is 0 Å². The van der Waals surface area contributed by atoms with Gasteiger partial charge in [-0.2, -0.15) is 0 Å². The molecule has 2 aromatic rings. The fraction of sp³-hybridized carbons (Fsp3) is 0.250. The number of nitrogens with two attached hydrogens (primary N) is 1. The van der Waals surface area contributed by atoms with Crippen molar-refractivity contribution in [2.45, 2.75) is 13.0 Å². The Labute approximate surface area is 88.6 Å². The Balaban J connectivity index is 2.52. The highest BCUT2D eigenvalue weighted by atomic mass is 16.3. The topological polar surface area (TPSA) is 59.1 Å². The fourth-order valence-corrected chi connectivity index (χ4v) is 1.58. The maximum absolute atomic E-state index is 8.96. The molecule has 0 saturated heterocycles. The van der Waals surface area contributed by atoms with E-state index < -0.39 is 0 Å². The van der Waals surface area contributed by atoms with Crippen molar-refractivity contribution in [3.8, 4) is 0 Å². The molecule has 0 fully saturated rings. The Bertz CT molecular complexity index is 482. The maximum atomic E-state index is 8.96. The van der Waals surface area contributed by atoms with E-state index in [1.54, 1.807) is 0 Å². The lowest BCUT2D eigenvalue weighted by atomic mass is 10.1. The van der Waals surface area contributed by atoms with Crippen LogP contribution in [0.5, 0.6) is 0 Å².